The van der Waals surface area contributed by atoms with Crippen molar-refractivity contribution in [3.63, 3.8) is 0 Å². The number of carbonyl (C=O) groups excluding carboxylic acids is 1. The second-order valence-corrected chi connectivity index (χ2v) is 1.90. The molecule has 70 valence electrons. The van der Waals surface area contributed by atoms with E-state index in [4.69, 9.17) is 0 Å². The lowest BCUT2D eigenvalue weighted by Crippen LogP contribution is -2.03. The molecule has 0 radical (unpaired) electrons. The minimum Gasteiger partial charge on any atom is -0.505 e. The van der Waals surface area contributed by atoms with Gasteiger partial charge in [0.25, 0.3) is 0 Å². The first-order valence-electron chi connectivity index (χ1n) is 3.56. The smallest absolute Gasteiger partial charge is 0.333 e. The van der Waals surface area contributed by atoms with E-state index < -0.39 is 0 Å². The van der Waals surface area contributed by atoms with Crippen molar-refractivity contribution >= 4 is 5.97 Å². The van der Waals surface area contributed by atoms with Crippen LogP contribution in [0.2, 0.25) is 0 Å². The summed E-state index contributed by atoms with van der Waals surface area (Å²) in [5.41, 5.74) is 0.451. The van der Waals surface area contributed by atoms with Crippen LogP contribution in [-0.2, 0) is 14.3 Å². The normalized spacial score (nSPS) is 7.25. The van der Waals surface area contributed by atoms with Crippen LogP contribution in [0.15, 0.2) is 25.0 Å². The molecule has 0 bridgehead atoms. The lowest BCUT2D eigenvalue weighted by molar-refractivity contribution is -0.138. The molecule has 0 aliphatic heterocycles. The van der Waals surface area contributed by atoms with E-state index in [-0.39, 0.29) is 5.97 Å². The Hall–Kier alpha value is -1.25. The van der Waals surface area contributed by atoms with Gasteiger partial charge in [-0.05, 0) is 13.8 Å². The lowest BCUT2D eigenvalue weighted by atomic mass is 10.4. The first-order valence-corrected chi connectivity index (χ1v) is 3.56. The van der Waals surface area contributed by atoms with E-state index in [1.807, 2.05) is 0 Å². The number of hydrogen-bond acceptors (Lipinski definition) is 3. The lowest BCUT2D eigenvalue weighted by Gasteiger charge is -1.96. The van der Waals surface area contributed by atoms with Crippen LogP contribution in [0.3, 0.4) is 0 Å². The van der Waals surface area contributed by atoms with Crippen molar-refractivity contribution in [2.24, 2.45) is 0 Å². The van der Waals surface area contributed by atoms with Crippen molar-refractivity contribution in [1.29, 1.82) is 0 Å². The van der Waals surface area contributed by atoms with Crippen LogP contribution in [0.5, 0.6) is 0 Å². The molecule has 0 spiro atoms. The highest BCUT2D eigenvalue weighted by molar-refractivity contribution is 5.86. The fraction of sp³-hybridized carbons (Fsp3) is 0.444. The SMILES string of the molecule is C=C(C)C(=O)OCC.C=COC. The highest BCUT2D eigenvalue weighted by atomic mass is 16.5. The van der Waals surface area contributed by atoms with E-state index >= 15 is 0 Å². The number of rotatable bonds is 3. The average Bonchev–Trinajstić information content (AvgIpc) is 2.05. The molecule has 0 aromatic heterocycles. The number of esters is 1. The Bertz CT molecular complexity index is 150. The maximum Gasteiger partial charge on any atom is 0.333 e. The van der Waals surface area contributed by atoms with E-state index in [0.717, 1.165) is 0 Å². The molecule has 0 saturated heterocycles. The van der Waals surface area contributed by atoms with E-state index in [1.165, 1.54) is 6.26 Å². The molecule has 0 amide bonds. The molecule has 0 aliphatic rings. The third-order valence-electron chi connectivity index (χ3n) is 0.791. The van der Waals surface area contributed by atoms with Gasteiger partial charge in [-0.15, -0.1) is 0 Å². The second kappa shape index (κ2) is 9.75. The van der Waals surface area contributed by atoms with Crippen LogP contribution in [0.25, 0.3) is 0 Å². The van der Waals surface area contributed by atoms with Crippen molar-refractivity contribution in [3.05, 3.63) is 25.0 Å². The summed E-state index contributed by atoms with van der Waals surface area (Å²) >= 11 is 0. The highest BCUT2D eigenvalue weighted by Gasteiger charge is 1.98. The molecule has 0 N–H and O–H groups in total. The van der Waals surface area contributed by atoms with E-state index in [0.29, 0.717) is 12.2 Å². The van der Waals surface area contributed by atoms with Crippen LogP contribution in [0.1, 0.15) is 13.8 Å². The fourth-order valence-electron chi connectivity index (χ4n) is 0.254. The van der Waals surface area contributed by atoms with Crippen LogP contribution in [-0.4, -0.2) is 19.7 Å². The number of hydrogen-bond donors (Lipinski definition) is 0. The molecule has 0 fully saturated rings. The molecule has 0 rings (SSSR count). The van der Waals surface area contributed by atoms with Crippen molar-refractivity contribution in [2.75, 3.05) is 13.7 Å². The summed E-state index contributed by atoms with van der Waals surface area (Å²) in [7, 11) is 1.56. The highest BCUT2D eigenvalue weighted by Crippen LogP contribution is 1.89. The largest absolute Gasteiger partial charge is 0.505 e. The minimum absolute atomic E-state index is 0.312. The summed E-state index contributed by atoms with van der Waals surface area (Å²) in [6.45, 7) is 10.5. The molecular formula is C9H16O3. The van der Waals surface area contributed by atoms with Crippen molar-refractivity contribution in [1.82, 2.24) is 0 Å². The summed E-state index contributed by atoms with van der Waals surface area (Å²) < 4.78 is 8.87. The van der Waals surface area contributed by atoms with Gasteiger partial charge in [0.1, 0.15) is 0 Å². The Labute approximate surface area is 73.7 Å². The topological polar surface area (TPSA) is 35.5 Å². The standard InChI is InChI=1S/C6H10O2.C3H6O/c1-4-8-6(7)5(2)3;1-3-4-2/h2,4H2,1,3H3;3H,1H2,2H3. The Morgan fingerprint density at radius 1 is 1.58 bits per heavy atom. The predicted octanol–water partition coefficient (Wildman–Crippen LogP) is 1.90. The average molecular weight is 172 g/mol. The van der Waals surface area contributed by atoms with Crippen molar-refractivity contribution in [2.45, 2.75) is 13.8 Å². The molecule has 0 aliphatic carbocycles. The maximum atomic E-state index is 10.4. The predicted molar refractivity (Wildman–Crippen MR) is 48.7 cm³/mol. The van der Waals surface area contributed by atoms with Gasteiger partial charge in [0.15, 0.2) is 0 Å². The van der Waals surface area contributed by atoms with Crippen LogP contribution in [0, 0.1) is 0 Å². The Morgan fingerprint density at radius 2 is 2.00 bits per heavy atom. The Kier molecular flexibility index (Phi) is 10.8. The summed E-state index contributed by atoms with van der Waals surface area (Å²) in [6, 6.07) is 0. The van der Waals surface area contributed by atoms with Gasteiger partial charge in [-0.25, -0.2) is 4.79 Å². The molecule has 3 nitrogen and oxygen atoms in total. The molecular weight excluding hydrogens is 156 g/mol. The molecule has 3 heteroatoms. The number of ether oxygens (including phenoxy) is 2. The van der Waals surface area contributed by atoms with E-state index in [1.54, 1.807) is 21.0 Å². The Balaban J connectivity index is 0. The Morgan fingerprint density at radius 3 is 2.08 bits per heavy atom. The number of methoxy groups -OCH3 is 1. The van der Waals surface area contributed by atoms with Gasteiger partial charge in [-0.1, -0.05) is 13.2 Å². The van der Waals surface area contributed by atoms with Crippen molar-refractivity contribution in [3.8, 4) is 0 Å². The van der Waals surface area contributed by atoms with Gasteiger partial charge in [0.05, 0.1) is 20.0 Å². The first kappa shape index (κ1) is 13.3. The van der Waals surface area contributed by atoms with Gasteiger partial charge < -0.3 is 9.47 Å². The molecule has 0 saturated carbocycles. The zero-order valence-electron chi connectivity index (χ0n) is 7.92. The quantitative estimate of drug-likeness (QED) is 0.370. The number of carbonyl (C=O) groups is 1. The fourth-order valence-corrected chi connectivity index (χ4v) is 0.254. The van der Waals surface area contributed by atoms with E-state index in [9.17, 15) is 4.79 Å². The molecule has 0 atom stereocenters. The first-order chi connectivity index (χ1) is 5.59. The van der Waals surface area contributed by atoms with Gasteiger partial charge in [0.2, 0.25) is 0 Å². The molecule has 0 heterocycles. The van der Waals surface area contributed by atoms with Crippen LogP contribution >= 0.6 is 0 Å². The van der Waals surface area contributed by atoms with Gasteiger partial charge in [0, 0.05) is 5.57 Å². The summed E-state index contributed by atoms with van der Waals surface area (Å²) in [6.07, 6.45) is 1.38. The zero-order chi connectivity index (χ0) is 9.98. The van der Waals surface area contributed by atoms with Crippen LogP contribution < -0.4 is 0 Å². The summed E-state index contributed by atoms with van der Waals surface area (Å²) in [5, 5.41) is 0. The third kappa shape index (κ3) is 11.5. The molecule has 0 unspecified atom stereocenters. The second-order valence-electron chi connectivity index (χ2n) is 1.90. The van der Waals surface area contributed by atoms with Gasteiger partial charge >= 0.3 is 5.97 Å². The zero-order valence-corrected chi connectivity index (χ0v) is 7.92. The molecule has 0 aromatic rings. The monoisotopic (exact) mass is 172 g/mol. The third-order valence-corrected chi connectivity index (χ3v) is 0.791. The molecule has 12 heavy (non-hydrogen) atoms. The van der Waals surface area contributed by atoms with Crippen LogP contribution in [0.4, 0.5) is 0 Å². The summed E-state index contributed by atoms with van der Waals surface area (Å²) in [4.78, 5) is 10.4. The minimum atomic E-state index is -0.312. The van der Waals surface area contributed by atoms with Gasteiger partial charge in [-0.2, -0.15) is 0 Å². The van der Waals surface area contributed by atoms with E-state index in [2.05, 4.69) is 22.6 Å². The van der Waals surface area contributed by atoms with Crippen molar-refractivity contribution < 1.29 is 14.3 Å². The maximum absolute atomic E-state index is 10.4. The molecule has 0 aromatic carbocycles. The summed E-state index contributed by atoms with van der Waals surface area (Å²) in [5.74, 6) is -0.312. The van der Waals surface area contributed by atoms with Gasteiger partial charge in [-0.3, -0.25) is 0 Å².